The number of hydrogen-bond acceptors (Lipinski definition) is 5. The maximum atomic E-state index is 12.5. The summed E-state index contributed by atoms with van der Waals surface area (Å²) in [5.41, 5.74) is 1.83. The molecule has 138 valence electrons. The minimum absolute atomic E-state index is 0.0307. The summed E-state index contributed by atoms with van der Waals surface area (Å²) in [4.78, 5) is 24.3. The molecule has 0 aliphatic carbocycles. The van der Waals surface area contributed by atoms with Gasteiger partial charge in [0.2, 0.25) is 5.91 Å². The van der Waals surface area contributed by atoms with Gasteiger partial charge in [0.15, 0.2) is 0 Å². The van der Waals surface area contributed by atoms with Crippen LogP contribution in [0.25, 0.3) is 0 Å². The number of amides is 1. The van der Waals surface area contributed by atoms with Gasteiger partial charge in [-0.15, -0.1) is 11.3 Å². The maximum Gasteiger partial charge on any atom is 0.293 e. The lowest BCUT2D eigenvalue weighted by Crippen LogP contribution is -2.31. The Hall–Kier alpha value is -3.03. The molecule has 0 saturated heterocycles. The quantitative estimate of drug-likeness (QED) is 0.472. The van der Waals surface area contributed by atoms with Crippen LogP contribution in [0.2, 0.25) is 0 Å². The number of hydrogen-bond donors (Lipinski definition) is 2. The van der Waals surface area contributed by atoms with Crippen LogP contribution in [-0.4, -0.2) is 17.4 Å². The van der Waals surface area contributed by atoms with Crippen LogP contribution in [0.3, 0.4) is 0 Å². The van der Waals surface area contributed by atoms with E-state index < -0.39 is 4.92 Å². The summed E-state index contributed by atoms with van der Waals surface area (Å²) < 4.78 is 0. The number of aryl methyl sites for hydroxylation is 1. The Morgan fingerprint density at radius 3 is 2.56 bits per heavy atom. The van der Waals surface area contributed by atoms with E-state index in [0.29, 0.717) is 5.56 Å². The SMILES string of the molecule is Cc1cccc([N+](=O)[O-])c1NC(=O)CN[C@@H](c1ccccc1)c1cccs1. The molecule has 0 bridgehead atoms. The first-order valence-corrected chi connectivity index (χ1v) is 9.30. The summed E-state index contributed by atoms with van der Waals surface area (Å²) in [6, 6.07) is 18.4. The number of nitro benzene ring substituents is 1. The monoisotopic (exact) mass is 381 g/mol. The van der Waals surface area contributed by atoms with Crippen molar-refractivity contribution in [2.45, 2.75) is 13.0 Å². The van der Waals surface area contributed by atoms with E-state index in [0.717, 1.165) is 10.4 Å². The first kappa shape index (κ1) is 18.8. The summed E-state index contributed by atoms with van der Waals surface area (Å²) in [7, 11) is 0. The molecule has 1 atom stereocenters. The van der Waals surface area contributed by atoms with Crippen molar-refractivity contribution in [3.05, 3.63) is 92.2 Å². The molecule has 0 aliphatic rings. The van der Waals surface area contributed by atoms with Gasteiger partial charge in [-0.1, -0.05) is 48.5 Å². The molecule has 0 radical (unpaired) electrons. The fourth-order valence-electron chi connectivity index (χ4n) is 2.83. The Balaban J connectivity index is 1.74. The highest BCUT2D eigenvalue weighted by atomic mass is 32.1. The zero-order valence-corrected chi connectivity index (χ0v) is 15.5. The Labute approximate surface area is 161 Å². The lowest BCUT2D eigenvalue weighted by molar-refractivity contribution is -0.384. The van der Waals surface area contributed by atoms with Crippen molar-refractivity contribution < 1.29 is 9.72 Å². The van der Waals surface area contributed by atoms with Crippen LogP contribution in [0, 0.1) is 17.0 Å². The number of nitro groups is 1. The highest BCUT2D eigenvalue weighted by Gasteiger charge is 2.19. The highest BCUT2D eigenvalue weighted by Crippen LogP contribution is 2.28. The van der Waals surface area contributed by atoms with E-state index in [-0.39, 0.29) is 29.9 Å². The summed E-state index contributed by atoms with van der Waals surface area (Å²) in [6.07, 6.45) is 0. The molecule has 0 unspecified atom stereocenters. The van der Waals surface area contributed by atoms with Gasteiger partial charge in [0, 0.05) is 10.9 Å². The largest absolute Gasteiger partial charge is 0.319 e. The molecule has 7 heteroatoms. The number of thiophene rings is 1. The summed E-state index contributed by atoms with van der Waals surface area (Å²) in [5, 5.41) is 19.1. The van der Waals surface area contributed by atoms with Gasteiger partial charge in [-0.3, -0.25) is 20.2 Å². The van der Waals surface area contributed by atoms with Gasteiger partial charge in [0.25, 0.3) is 5.69 Å². The normalized spacial score (nSPS) is 11.7. The van der Waals surface area contributed by atoms with Crippen LogP contribution in [0.5, 0.6) is 0 Å². The van der Waals surface area contributed by atoms with Gasteiger partial charge in [0.1, 0.15) is 5.69 Å². The summed E-state index contributed by atoms with van der Waals surface area (Å²) in [5.74, 6) is -0.329. The molecule has 0 spiro atoms. The molecule has 3 rings (SSSR count). The molecule has 3 aromatic rings. The molecule has 1 heterocycles. The minimum atomic E-state index is -0.492. The number of nitrogens with zero attached hydrogens (tertiary/aromatic N) is 1. The Bertz CT molecular complexity index is 927. The van der Waals surface area contributed by atoms with E-state index in [9.17, 15) is 14.9 Å². The average molecular weight is 381 g/mol. The molecule has 2 aromatic carbocycles. The van der Waals surface area contributed by atoms with Gasteiger partial charge in [-0.25, -0.2) is 0 Å². The Kier molecular flexibility index (Phi) is 5.95. The van der Waals surface area contributed by atoms with Crippen molar-refractivity contribution in [1.82, 2.24) is 5.32 Å². The summed E-state index contributed by atoms with van der Waals surface area (Å²) >= 11 is 1.61. The topological polar surface area (TPSA) is 84.3 Å². The minimum Gasteiger partial charge on any atom is -0.319 e. The van der Waals surface area contributed by atoms with E-state index in [1.54, 1.807) is 30.4 Å². The van der Waals surface area contributed by atoms with Crippen LogP contribution in [0.15, 0.2) is 66.0 Å². The second-order valence-corrected chi connectivity index (χ2v) is 6.99. The van der Waals surface area contributed by atoms with Crippen molar-refractivity contribution in [2.24, 2.45) is 0 Å². The van der Waals surface area contributed by atoms with E-state index in [2.05, 4.69) is 10.6 Å². The van der Waals surface area contributed by atoms with Crippen LogP contribution in [0.4, 0.5) is 11.4 Å². The number of benzene rings is 2. The van der Waals surface area contributed by atoms with Gasteiger partial charge in [-0.05, 0) is 29.5 Å². The van der Waals surface area contributed by atoms with Crippen LogP contribution in [-0.2, 0) is 4.79 Å². The van der Waals surface area contributed by atoms with Crippen molar-refractivity contribution >= 4 is 28.6 Å². The number of para-hydroxylation sites is 1. The molecule has 1 aromatic heterocycles. The second-order valence-electron chi connectivity index (χ2n) is 6.01. The van der Waals surface area contributed by atoms with Gasteiger partial charge < -0.3 is 5.32 Å². The third-order valence-electron chi connectivity index (χ3n) is 4.14. The highest BCUT2D eigenvalue weighted by molar-refractivity contribution is 7.10. The first-order chi connectivity index (χ1) is 13.1. The van der Waals surface area contributed by atoms with Gasteiger partial charge in [-0.2, -0.15) is 0 Å². The second kappa shape index (κ2) is 8.57. The first-order valence-electron chi connectivity index (χ1n) is 8.42. The zero-order chi connectivity index (χ0) is 19.2. The molecule has 0 fully saturated rings. The standard InChI is InChI=1S/C20H19N3O3S/c1-14-7-5-10-16(23(25)26)19(14)22-18(24)13-21-20(17-11-6-12-27-17)15-8-3-2-4-9-15/h2-12,20-21H,13H2,1H3,(H,22,24)/t20-/m0/s1. The molecular weight excluding hydrogens is 362 g/mol. The smallest absolute Gasteiger partial charge is 0.293 e. The van der Waals surface area contributed by atoms with Crippen LogP contribution in [0.1, 0.15) is 22.0 Å². The molecule has 0 aliphatic heterocycles. The molecule has 6 nitrogen and oxygen atoms in total. The fraction of sp³-hybridized carbons (Fsp3) is 0.150. The molecule has 1 amide bonds. The summed E-state index contributed by atoms with van der Waals surface area (Å²) in [6.45, 7) is 1.76. The van der Waals surface area contributed by atoms with E-state index in [1.807, 2.05) is 47.8 Å². The van der Waals surface area contributed by atoms with Gasteiger partial charge in [0.05, 0.1) is 17.5 Å². The maximum absolute atomic E-state index is 12.5. The van der Waals surface area contributed by atoms with E-state index in [1.165, 1.54) is 6.07 Å². The number of rotatable bonds is 7. The van der Waals surface area contributed by atoms with Gasteiger partial charge >= 0.3 is 0 Å². The van der Waals surface area contributed by atoms with Crippen molar-refractivity contribution in [1.29, 1.82) is 0 Å². The van der Waals surface area contributed by atoms with Crippen molar-refractivity contribution in [3.63, 3.8) is 0 Å². The lowest BCUT2D eigenvalue weighted by atomic mass is 10.1. The fourth-order valence-corrected chi connectivity index (χ4v) is 3.66. The molecule has 27 heavy (non-hydrogen) atoms. The third-order valence-corrected chi connectivity index (χ3v) is 5.08. The molecule has 0 saturated carbocycles. The number of nitrogens with one attached hydrogen (secondary N) is 2. The third kappa shape index (κ3) is 4.58. The predicted molar refractivity (Wildman–Crippen MR) is 107 cm³/mol. The van der Waals surface area contributed by atoms with Crippen molar-refractivity contribution in [2.75, 3.05) is 11.9 Å². The van der Waals surface area contributed by atoms with Crippen LogP contribution >= 0.6 is 11.3 Å². The Morgan fingerprint density at radius 2 is 1.89 bits per heavy atom. The molecule has 2 N–H and O–H groups in total. The zero-order valence-electron chi connectivity index (χ0n) is 14.7. The lowest BCUT2D eigenvalue weighted by Gasteiger charge is -2.18. The van der Waals surface area contributed by atoms with E-state index >= 15 is 0 Å². The number of carbonyl (C=O) groups is 1. The average Bonchev–Trinajstić information content (AvgIpc) is 3.18. The van der Waals surface area contributed by atoms with Crippen molar-refractivity contribution in [3.8, 4) is 0 Å². The molecular formula is C20H19N3O3S. The predicted octanol–water partition coefficient (Wildman–Crippen LogP) is 4.28. The Morgan fingerprint density at radius 1 is 1.11 bits per heavy atom. The van der Waals surface area contributed by atoms with Crippen LogP contribution < -0.4 is 10.6 Å². The number of anilines is 1. The number of carbonyl (C=O) groups excluding carboxylic acids is 1. The van der Waals surface area contributed by atoms with E-state index in [4.69, 9.17) is 0 Å².